The fraction of sp³-hybridized carbons (Fsp3) is 0.333. The third-order valence-corrected chi connectivity index (χ3v) is 12.0. The molecule has 0 atom stereocenters. The van der Waals surface area contributed by atoms with Gasteiger partial charge in [0.2, 0.25) is 15.6 Å². The molecule has 0 unspecified atom stereocenters. The van der Waals surface area contributed by atoms with Crippen LogP contribution >= 0.6 is 116 Å². The van der Waals surface area contributed by atoms with Gasteiger partial charge in [0.1, 0.15) is 10.7 Å². The minimum atomic E-state index is -4.65. The molecule has 0 radical (unpaired) electrons. The van der Waals surface area contributed by atoms with Crippen LogP contribution in [0.25, 0.3) is 0 Å². The van der Waals surface area contributed by atoms with Gasteiger partial charge in [-0.15, -0.1) is 15.3 Å². The second-order valence-corrected chi connectivity index (χ2v) is 22.0. The quantitative estimate of drug-likeness (QED) is 0.0942. The molecule has 0 bridgehead atoms. The number of hydrogen-bond donors (Lipinski definition) is 3. The highest BCUT2D eigenvalue weighted by Crippen LogP contribution is 2.46. The number of nitrogens with one attached hydrogen (secondary N) is 3. The summed E-state index contributed by atoms with van der Waals surface area (Å²) in [5.41, 5.74) is -2.49. The topological polar surface area (TPSA) is 168 Å². The maximum Gasteiger partial charge on any atom is 0.416 e. The molecule has 0 aliphatic rings. The van der Waals surface area contributed by atoms with Gasteiger partial charge in [-0.1, -0.05) is 116 Å². The molecule has 432 valence electrons. The SMILES string of the molecule is CC(C)NC(=O)n1nc(Oc2c(Cl)cc(C(F)(F)F)cc2Cl)cc1C(Cl)(Cl)Cl.Cc1c(Cl)c(Oc2c(Cl)cc(C(F)(F)F)cc2Cl)nn1C(=O)NC(C)C.Cc1cc(Oc2c(Cl)cc(C(F)(F)F)cc2Cl)nn1C(=O)NC(C)C. The molecule has 6 aromatic rings. The average Bonchev–Trinajstić information content (AvgIpc) is 3.98. The van der Waals surface area contributed by atoms with Crippen LogP contribution in [0.5, 0.6) is 34.9 Å². The summed E-state index contributed by atoms with van der Waals surface area (Å²) in [5.74, 6) is -1.25. The third-order valence-electron chi connectivity index (χ3n) is 9.26. The minimum absolute atomic E-state index is 0.00376. The number of nitrogens with zero attached hydrogens (tertiary/aromatic N) is 6. The predicted octanol–water partition coefficient (Wildman–Crippen LogP) is 18.0. The first kappa shape index (κ1) is 66.9. The number of benzene rings is 3. The first-order valence-electron chi connectivity index (χ1n) is 21.7. The molecule has 0 fully saturated rings. The average molecular weight is 1330 g/mol. The highest BCUT2D eigenvalue weighted by Gasteiger charge is 2.36. The summed E-state index contributed by atoms with van der Waals surface area (Å²) < 4.78 is 132. The van der Waals surface area contributed by atoms with Crippen molar-refractivity contribution in [2.24, 2.45) is 0 Å². The van der Waals surface area contributed by atoms with Crippen LogP contribution in [0.1, 0.15) is 75.3 Å². The van der Waals surface area contributed by atoms with Crippen molar-refractivity contribution < 1.29 is 68.1 Å². The zero-order chi connectivity index (χ0) is 60.2. The van der Waals surface area contributed by atoms with Crippen LogP contribution < -0.4 is 30.2 Å². The molecule has 3 N–H and O–H groups in total. The van der Waals surface area contributed by atoms with Crippen molar-refractivity contribution in [1.29, 1.82) is 0 Å². The molecule has 0 saturated heterocycles. The minimum Gasteiger partial charge on any atom is -0.434 e. The summed E-state index contributed by atoms with van der Waals surface area (Å²) in [6, 6.07) is 4.38. The Morgan fingerprint density at radius 3 is 1.10 bits per heavy atom. The lowest BCUT2D eigenvalue weighted by Gasteiger charge is -2.14. The number of aryl methyl sites for hydroxylation is 1. The van der Waals surface area contributed by atoms with Gasteiger partial charge < -0.3 is 30.2 Å². The Balaban J connectivity index is 0.000000256. The molecule has 3 amide bonds. The second kappa shape index (κ2) is 26.5. The van der Waals surface area contributed by atoms with E-state index in [4.69, 9.17) is 130 Å². The number of ether oxygens (including phenoxy) is 3. The van der Waals surface area contributed by atoms with E-state index in [1.54, 1.807) is 48.5 Å². The molecule has 3 aromatic heterocycles. The van der Waals surface area contributed by atoms with Gasteiger partial charge in [-0.3, -0.25) is 0 Å². The number of amides is 3. The van der Waals surface area contributed by atoms with E-state index in [1.807, 2.05) is 0 Å². The Labute approximate surface area is 492 Å². The molecule has 34 heteroatoms. The summed E-state index contributed by atoms with van der Waals surface area (Å²) >= 11 is 58.8. The first-order valence-corrected chi connectivity index (χ1v) is 25.5. The number of halogens is 19. The van der Waals surface area contributed by atoms with Gasteiger partial charge >= 0.3 is 36.6 Å². The van der Waals surface area contributed by atoms with Crippen molar-refractivity contribution in [3.05, 3.63) is 117 Å². The van der Waals surface area contributed by atoms with Gasteiger partial charge in [-0.2, -0.15) is 53.6 Å². The zero-order valence-corrected chi connectivity index (χ0v) is 48.7. The maximum absolute atomic E-state index is 12.8. The van der Waals surface area contributed by atoms with Crippen LogP contribution in [0.3, 0.4) is 0 Å². The molecule has 3 aromatic carbocycles. The molecule has 0 aliphatic heterocycles. The maximum atomic E-state index is 12.8. The van der Waals surface area contributed by atoms with E-state index < -0.39 is 67.2 Å². The van der Waals surface area contributed by atoms with E-state index in [2.05, 4.69) is 31.2 Å². The summed E-state index contributed by atoms with van der Waals surface area (Å²) in [6.45, 7) is 13.7. The lowest BCUT2D eigenvalue weighted by Crippen LogP contribution is -2.36. The van der Waals surface area contributed by atoms with Crippen LogP contribution in [-0.4, -0.2) is 65.6 Å². The summed E-state index contributed by atoms with van der Waals surface area (Å²) in [7, 11) is 0. The van der Waals surface area contributed by atoms with E-state index >= 15 is 0 Å². The Kier molecular flexibility index (Phi) is 22.5. The molecule has 6 rings (SSSR count). The van der Waals surface area contributed by atoms with E-state index in [9.17, 15) is 53.9 Å². The number of rotatable bonds is 9. The van der Waals surface area contributed by atoms with Gasteiger partial charge in [0, 0.05) is 30.3 Å². The Morgan fingerprint density at radius 1 is 0.468 bits per heavy atom. The van der Waals surface area contributed by atoms with Crippen LogP contribution in [0.15, 0.2) is 48.5 Å². The van der Waals surface area contributed by atoms with Gasteiger partial charge in [0.05, 0.1) is 58.2 Å². The summed E-state index contributed by atoms with van der Waals surface area (Å²) in [5, 5.41) is 17.3. The smallest absolute Gasteiger partial charge is 0.416 e. The fourth-order valence-corrected chi connectivity index (χ4v) is 8.13. The van der Waals surface area contributed by atoms with E-state index in [1.165, 1.54) is 13.0 Å². The lowest BCUT2D eigenvalue weighted by atomic mass is 10.2. The summed E-state index contributed by atoms with van der Waals surface area (Å²) in [6.07, 6.45) is -13.8. The van der Waals surface area contributed by atoms with Gasteiger partial charge in [0.15, 0.2) is 17.2 Å². The standard InChI is InChI=1S/C15H11Cl5F3N3O2.C15H13Cl3F3N3O2.C15H14Cl2F3N3O2/c1-6(2)24-13(27)26-10(14(18,19)20)5-11(25-26)28-12-8(16)3-7(4-9(12)17)15(21,22)23;1-6(2)22-14(25)24-7(3)11(18)13(23-24)26-12-9(16)4-8(5-10(12)17)15(19,20)21;1-7(2)21-14(24)23-8(3)4-12(22-23)25-13-10(16)5-9(6-11(13)17)15(18,19)20/h3-6H,1-2H3,(H,24,27);4-6H,1-3H3,(H,22,25);4-7H,1-3H3,(H,21,24). The molecular weight excluding hydrogens is 1290 g/mol. The van der Waals surface area contributed by atoms with Crippen LogP contribution in [0.2, 0.25) is 35.2 Å². The van der Waals surface area contributed by atoms with E-state index in [-0.39, 0.29) is 89.5 Å². The number of hydrogen-bond acceptors (Lipinski definition) is 9. The van der Waals surface area contributed by atoms with Crippen molar-refractivity contribution in [1.82, 2.24) is 45.3 Å². The van der Waals surface area contributed by atoms with Crippen molar-refractivity contribution in [3.8, 4) is 34.9 Å². The predicted molar refractivity (Wildman–Crippen MR) is 282 cm³/mol. The monoisotopic (exact) mass is 1320 g/mol. The zero-order valence-electron chi connectivity index (χ0n) is 41.2. The fourth-order valence-electron chi connectivity index (χ4n) is 5.88. The van der Waals surface area contributed by atoms with Crippen LogP contribution in [0.4, 0.5) is 53.9 Å². The third kappa shape index (κ3) is 18.2. The molecule has 3 heterocycles. The van der Waals surface area contributed by atoms with Crippen molar-refractivity contribution >= 4 is 134 Å². The van der Waals surface area contributed by atoms with Gasteiger partial charge in [-0.05, 0) is 91.8 Å². The number of aromatic nitrogens is 6. The molecule has 0 aliphatic carbocycles. The van der Waals surface area contributed by atoms with E-state index in [0.717, 1.165) is 20.1 Å². The Morgan fingerprint density at radius 2 is 0.772 bits per heavy atom. The largest absolute Gasteiger partial charge is 0.434 e. The van der Waals surface area contributed by atoms with Crippen molar-refractivity contribution in [2.45, 2.75) is 95.8 Å². The van der Waals surface area contributed by atoms with Gasteiger partial charge in [-0.25, -0.2) is 14.4 Å². The molecule has 15 nitrogen and oxygen atoms in total. The normalized spacial score (nSPS) is 12.0. The number of alkyl halides is 12. The Bertz CT molecular complexity index is 3140. The number of carbonyl (C=O) groups is 3. The molecule has 0 saturated carbocycles. The Hall–Kier alpha value is -4.63. The van der Waals surface area contributed by atoms with E-state index in [0.29, 0.717) is 42.1 Å². The molecular formula is C45H38Cl10F9N9O6. The molecule has 0 spiro atoms. The number of carbonyl (C=O) groups excluding carboxylic acids is 3. The summed E-state index contributed by atoms with van der Waals surface area (Å²) in [4.78, 5) is 36.3. The lowest BCUT2D eigenvalue weighted by molar-refractivity contribution is -0.138. The van der Waals surface area contributed by atoms with Crippen LogP contribution in [0, 0.1) is 13.8 Å². The highest BCUT2D eigenvalue weighted by atomic mass is 35.6. The first-order chi connectivity index (χ1) is 36.1. The molecule has 79 heavy (non-hydrogen) atoms. The van der Waals surface area contributed by atoms with Gasteiger partial charge in [0.25, 0.3) is 5.88 Å². The van der Waals surface area contributed by atoms with Crippen molar-refractivity contribution in [3.63, 3.8) is 0 Å². The second-order valence-electron chi connectivity index (χ2n) is 16.8. The highest BCUT2D eigenvalue weighted by molar-refractivity contribution is 6.66. The van der Waals surface area contributed by atoms with Crippen molar-refractivity contribution in [2.75, 3.05) is 0 Å². The van der Waals surface area contributed by atoms with Crippen LogP contribution in [-0.2, 0) is 22.3 Å².